The first-order chi connectivity index (χ1) is 8.70. The van der Waals surface area contributed by atoms with Gasteiger partial charge in [0.15, 0.2) is 0 Å². The second kappa shape index (κ2) is 6.03. The number of hydrogen-bond donors (Lipinski definition) is 1. The molecule has 0 amide bonds. The molecule has 0 aliphatic rings. The molecule has 96 valence electrons. The molecule has 2 aromatic rings. The quantitative estimate of drug-likeness (QED) is 0.668. The lowest BCUT2D eigenvalue weighted by Crippen LogP contribution is -2.02. The van der Waals surface area contributed by atoms with Crippen molar-refractivity contribution in [3.05, 3.63) is 45.3 Å². The highest BCUT2D eigenvalue weighted by molar-refractivity contribution is 6.31. The lowest BCUT2D eigenvalue weighted by Gasteiger charge is -2.05. The van der Waals surface area contributed by atoms with Gasteiger partial charge in [-0.25, -0.2) is 4.79 Å². The molecule has 0 atom stereocenters. The van der Waals surface area contributed by atoms with Gasteiger partial charge in [-0.2, -0.15) is 0 Å². The molecule has 0 saturated carbocycles. The molecule has 18 heavy (non-hydrogen) atoms. The van der Waals surface area contributed by atoms with E-state index in [0.717, 1.165) is 36.6 Å². The van der Waals surface area contributed by atoms with E-state index >= 15 is 0 Å². The zero-order valence-electron chi connectivity index (χ0n) is 10.1. The lowest BCUT2D eigenvalue weighted by atomic mass is 10.0. The van der Waals surface area contributed by atoms with Gasteiger partial charge < -0.3 is 10.2 Å². The monoisotopic (exact) mass is 265 g/mol. The molecule has 0 unspecified atom stereocenters. The molecular weight excluding hydrogens is 250 g/mol. The fourth-order valence-corrected chi connectivity index (χ4v) is 2.22. The molecule has 0 saturated heterocycles. The molecule has 1 aromatic heterocycles. The van der Waals surface area contributed by atoms with Crippen molar-refractivity contribution in [1.82, 2.24) is 0 Å². The molecule has 4 heteroatoms. The average Bonchev–Trinajstić information content (AvgIpc) is 2.35. The fourth-order valence-electron chi connectivity index (χ4n) is 2.04. The first kappa shape index (κ1) is 13.1. The van der Waals surface area contributed by atoms with Gasteiger partial charge in [-0.1, -0.05) is 18.0 Å². The molecule has 0 radical (unpaired) electrons. The van der Waals surface area contributed by atoms with Crippen LogP contribution in [0.4, 0.5) is 0 Å². The van der Waals surface area contributed by atoms with Gasteiger partial charge in [0, 0.05) is 16.5 Å². The Balaban J connectivity index is 2.30. The van der Waals surface area contributed by atoms with E-state index in [1.54, 1.807) is 18.2 Å². The Morgan fingerprint density at radius 2 is 2.00 bits per heavy atom. The van der Waals surface area contributed by atoms with Crippen LogP contribution < -0.4 is 11.4 Å². The molecule has 0 aliphatic carbocycles. The minimum absolute atomic E-state index is 0.307. The van der Waals surface area contributed by atoms with Gasteiger partial charge in [0.2, 0.25) is 0 Å². The van der Waals surface area contributed by atoms with Crippen LogP contribution in [0.15, 0.2) is 33.5 Å². The molecule has 0 fully saturated rings. The van der Waals surface area contributed by atoms with Crippen LogP contribution in [0.25, 0.3) is 11.0 Å². The highest BCUT2D eigenvalue weighted by Gasteiger charge is 2.06. The average molecular weight is 266 g/mol. The van der Waals surface area contributed by atoms with E-state index in [-0.39, 0.29) is 5.63 Å². The fraction of sp³-hybridized carbons (Fsp3) is 0.357. The number of hydrogen-bond acceptors (Lipinski definition) is 3. The van der Waals surface area contributed by atoms with Crippen LogP contribution in [0, 0.1) is 0 Å². The second-order valence-corrected chi connectivity index (χ2v) is 4.77. The molecule has 2 N–H and O–H groups in total. The highest BCUT2D eigenvalue weighted by Crippen LogP contribution is 2.22. The lowest BCUT2D eigenvalue weighted by molar-refractivity contribution is 0.557. The van der Waals surface area contributed by atoms with Gasteiger partial charge in [-0.3, -0.25) is 0 Å². The second-order valence-electron chi connectivity index (χ2n) is 4.33. The Bertz CT molecular complexity index is 592. The summed E-state index contributed by atoms with van der Waals surface area (Å²) >= 11 is 5.98. The van der Waals surface area contributed by atoms with Crippen LogP contribution in [-0.2, 0) is 6.42 Å². The van der Waals surface area contributed by atoms with Crippen molar-refractivity contribution in [2.75, 3.05) is 6.54 Å². The summed E-state index contributed by atoms with van der Waals surface area (Å²) in [5, 5.41) is 1.58. The zero-order valence-corrected chi connectivity index (χ0v) is 10.9. The van der Waals surface area contributed by atoms with E-state index < -0.39 is 0 Å². The highest BCUT2D eigenvalue weighted by atomic mass is 35.5. The maximum atomic E-state index is 11.5. The van der Waals surface area contributed by atoms with Crippen LogP contribution in [0.2, 0.25) is 5.02 Å². The Morgan fingerprint density at radius 3 is 2.78 bits per heavy atom. The van der Waals surface area contributed by atoms with Crippen molar-refractivity contribution in [3.63, 3.8) is 0 Å². The van der Waals surface area contributed by atoms with Crippen LogP contribution in [0.5, 0.6) is 0 Å². The zero-order chi connectivity index (χ0) is 13.0. The maximum absolute atomic E-state index is 11.5. The molecular formula is C14H16ClNO2. The van der Waals surface area contributed by atoms with Crippen molar-refractivity contribution >= 4 is 22.6 Å². The molecule has 1 aromatic carbocycles. The third-order valence-electron chi connectivity index (χ3n) is 2.94. The van der Waals surface area contributed by atoms with Gasteiger partial charge in [0.1, 0.15) is 5.58 Å². The summed E-state index contributed by atoms with van der Waals surface area (Å²) in [6.07, 6.45) is 3.95. The third kappa shape index (κ3) is 3.12. The SMILES string of the molecule is NCCCCCc1cc(=O)oc2ccc(Cl)cc12. The number of halogens is 1. The molecule has 0 bridgehead atoms. The molecule has 1 heterocycles. The normalized spacial score (nSPS) is 11.0. The number of aryl methyl sites for hydroxylation is 1. The number of benzene rings is 1. The van der Waals surface area contributed by atoms with Gasteiger partial charge in [0.05, 0.1) is 0 Å². The minimum Gasteiger partial charge on any atom is -0.423 e. The van der Waals surface area contributed by atoms with E-state index in [0.29, 0.717) is 17.2 Å². The molecule has 3 nitrogen and oxygen atoms in total. The van der Waals surface area contributed by atoms with Crippen molar-refractivity contribution < 1.29 is 4.42 Å². The smallest absolute Gasteiger partial charge is 0.336 e. The summed E-state index contributed by atoms with van der Waals surface area (Å²) < 4.78 is 5.15. The topological polar surface area (TPSA) is 56.2 Å². The van der Waals surface area contributed by atoms with Gasteiger partial charge in [-0.05, 0) is 49.6 Å². The first-order valence-corrected chi connectivity index (χ1v) is 6.51. The third-order valence-corrected chi connectivity index (χ3v) is 3.18. The van der Waals surface area contributed by atoms with Crippen LogP contribution in [-0.4, -0.2) is 6.54 Å². The predicted molar refractivity (Wildman–Crippen MR) is 74.1 cm³/mol. The Hall–Kier alpha value is -1.32. The predicted octanol–water partition coefficient (Wildman–Crippen LogP) is 3.12. The summed E-state index contributed by atoms with van der Waals surface area (Å²) in [6, 6.07) is 6.87. The largest absolute Gasteiger partial charge is 0.423 e. The Labute approximate surface area is 111 Å². The molecule has 0 aliphatic heterocycles. The van der Waals surface area contributed by atoms with Crippen molar-refractivity contribution in [1.29, 1.82) is 0 Å². The maximum Gasteiger partial charge on any atom is 0.336 e. The van der Waals surface area contributed by atoms with Crippen molar-refractivity contribution in [2.45, 2.75) is 25.7 Å². The summed E-state index contributed by atoms with van der Waals surface area (Å²) in [4.78, 5) is 11.5. The van der Waals surface area contributed by atoms with Crippen molar-refractivity contribution in [3.8, 4) is 0 Å². The van der Waals surface area contributed by atoms with Crippen LogP contribution >= 0.6 is 11.6 Å². The summed E-state index contributed by atoms with van der Waals surface area (Å²) in [6.45, 7) is 0.712. The standard InChI is InChI=1S/C14H16ClNO2/c15-11-5-6-13-12(9-11)10(8-14(17)18-13)4-2-1-3-7-16/h5-6,8-9H,1-4,7,16H2. The Morgan fingerprint density at radius 1 is 1.17 bits per heavy atom. The van der Waals surface area contributed by atoms with Crippen LogP contribution in [0.1, 0.15) is 24.8 Å². The number of fused-ring (bicyclic) bond motifs is 1. The summed E-state index contributed by atoms with van der Waals surface area (Å²) in [5.41, 5.74) is 6.75. The summed E-state index contributed by atoms with van der Waals surface area (Å²) in [7, 11) is 0. The van der Waals surface area contributed by atoms with Gasteiger partial charge in [0.25, 0.3) is 0 Å². The van der Waals surface area contributed by atoms with Gasteiger partial charge >= 0.3 is 5.63 Å². The summed E-state index contributed by atoms with van der Waals surface area (Å²) in [5.74, 6) is 0. The number of nitrogens with two attached hydrogens (primary N) is 1. The van der Waals surface area contributed by atoms with Crippen molar-refractivity contribution in [2.24, 2.45) is 5.73 Å². The molecule has 2 rings (SSSR count). The Kier molecular flexibility index (Phi) is 4.39. The number of unbranched alkanes of at least 4 members (excludes halogenated alkanes) is 2. The van der Waals surface area contributed by atoms with E-state index in [1.165, 1.54) is 0 Å². The van der Waals surface area contributed by atoms with E-state index in [2.05, 4.69) is 0 Å². The molecule has 0 spiro atoms. The van der Waals surface area contributed by atoms with Crippen LogP contribution in [0.3, 0.4) is 0 Å². The minimum atomic E-state index is -0.307. The van der Waals surface area contributed by atoms with E-state index in [9.17, 15) is 4.79 Å². The first-order valence-electron chi connectivity index (χ1n) is 6.13. The van der Waals surface area contributed by atoms with E-state index in [4.69, 9.17) is 21.8 Å². The van der Waals surface area contributed by atoms with E-state index in [1.807, 2.05) is 6.07 Å². The van der Waals surface area contributed by atoms with Gasteiger partial charge in [-0.15, -0.1) is 0 Å². The number of rotatable bonds is 5.